The van der Waals surface area contributed by atoms with Crippen molar-refractivity contribution in [3.8, 4) is 5.75 Å². The number of amides is 3. The number of anilines is 1. The van der Waals surface area contributed by atoms with Crippen LogP contribution in [-0.2, 0) is 11.2 Å². The molecule has 2 heterocycles. The Balaban J connectivity index is 1.51. The van der Waals surface area contributed by atoms with Gasteiger partial charge in [-0.25, -0.2) is 14.0 Å². The lowest BCUT2D eigenvalue weighted by Crippen LogP contribution is -2.46. The Hall–Kier alpha value is -3.36. The SMILES string of the molecule is CC(C)(C)OC(=O)N1CCC[C@@H](Oc2cc(F)cc(CCNC(=O)Nc3cccnc3)c2)C1. The summed E-state index contributed by atoms with van der Waals surface area (Å²) < 4.78 is 25.6. The highest BCUT2D eigenvalue weighted by Crippen LogP contribution is 2.23. The number of ether oxygens (including phenoxy) is 2. The Bertz CT molecular complexity index is 949. The zero-order valence-electron chi connectivity index (χ0n) is 19.3. The van der Waals surface area contributed by atoms with Crippen molar-refractivity contribution in [3.05, 3.63) is 54.1 Å². The van der Waals surface area contributed by atoms with Gasteiger partial charge in [0, 0.05) is 25.4 Å². The van der Waals surface area contributed by atoms with E-state index in [0.29, 0.717) is 43.1 Å². The van der Waals surface area contributed by atoms with Crippen LogP contribution in [0.15, 0.2) is 42.7 Å². The van der Waals surface area contributed by atoms with Crippen molar-refractivity contribution in [2.24, 2.45) is 0 Å². The molecule has 0 spiro atoms. The van der Waals surface area contributed by atoms with Gasteiger partial charge in [0.15, 0.2) is 0 Å². The summed E-state index contributed by atoms with van der Waals surface area (Å²) in [6.45, 7) is 6.80. The summed E-state index contributed by atoms with van der Waals surface area (Å²) in [5.74, 6) is -0.0111. The summed E-state index contributed by atoms with van der Waals surface area (Å²) in [5.41, 5.74) is 0.724. The Morgan fingerprint density at radius 3 is 2.82 bits per heavy atom. The van der Waals surface area contributed by atoms with Crippen LogP contribution in [0.5, 0.6) is 5.75 Å². The number of halogens is 1. The zero-order valence-corrected chi connectivity index (χ0v) is 19.3. The van der Waals surface area contributed by atoms with Gasteiger partial charge in [-0.15, -0.1) is 0 Å². The fourth-order valence-electron chi connectivity index (χ4n) is 3.48. The van der Waals surface area contributed by atoms with Gasteiger partial charge < -0.3 is 25.0 Å². The van der Waals surface area contributed by atoms with E-state index in [2.05, 4.69) is 15.6 Å². The van der Waals surface area contributed by atoms with E-state index in [1.54, 1.807) is 35.5 Å². The van der Waals surface area contributed by atoms with E-state index in [0.717, 1.165) is 12.8 Å². The summed E-state index contributed by atoms with van der Waals surface area (Å²) >= 11 is 0. The van der Waals surface area contributed by atoms with Crippen LogP contribution < -0.4 is 15.4 Å². The maximum atomic E-state index is 14.2. The van der Waals surface area contributed by atoms with E-state index in [-0.39, 0.29) is 18.2 Å². The molecule has 1 atom stereocenters. The Morgan fingerprint density at radius 1 is 1.27 bits per heavy atom. The molecule has 9 heteroatoms. The van der Waals surface area contributed by atoms with Crippen molar-refractivity contribution in [2.75, 3.05) is 25.0 Å². The number of nitrogens with zero attached hydrogens (tertiary/aromatic N) is 2. The van der Waals surface area contributed by atoms with E-state index in [9.17, 15) is 14.0 Å². The fourth-order valence-corrected chi connectivity index (χ4v) is 3.48. The molecule has 3 amide bonds. The second kappa shape index (κ2) is 11.0. The van der Waals surface area contributed by atoms with Crippen LogP contribution in [0.1, 0.15) is 39.2 Å². The van der Waals surface area contributed by atoms with E-state index in [4.69, 9.17) is 9.47 Å². The molecule has 2 aromatic rings. The molecule has 0 unspecified atom stereocenters. The average molecular weight is 459 g/mol. The third kappa shape index (κ3) is 8.25. The minimum Gasteiger partial charge on any atom is -0.488 e. The molecular formula is C24H31FN4O4. The van der Waals surface area contributed by atoms with Crippen LogP contribution in [-0.4, -0.2) is 53.3 Å². The molecule has 2 N–H and O–H groups in total. The van der Waals surface area contributed by atoms with Gasteiger partial charge in [-0.2, -0.15) is 0 Å². The predicted octanol–water partition coefficient (Wildman–Crippen LogP) is 4.36. The van der Waals surface area contributed by atoms with Crippen molar-refractivity contribution in [2.45, 2.75) is 51.7 Å². The number of piperidine rings is 1. The van der Waals surface area contributed by atoms with Gasteiger partial charge >= 0.3 is 12.1 Å². The molecule has 0 saturated carbocycles. The van der Waals surface area contributed by atoms with Gasteiger partial charge in [-0.05, 0) is 69.9 Å². The molecule has 1 saturated heterocycles. The fraction of sp³-hybridized carbons (Fsp3) is 0.458. The van der Waals surface area contributed by atoms with Crippen LogP contribution in [0, 0.1) is 5.82 Å². The smallest absolute Gasteiger partial charge is 0.410 e. The van der Waals surface area contributed by atoms with Crippen molar-refractivity contribution in [1.29, 1.82) is 0 Å². The molecular weight excluding hydrogens is 427 g/mol. The molecule has 0 radical (unpaired) electrons. The van der Waals surface area contributed by atoms with Crippen LogP contribution in [0.25, 0.3) is 0 Å². The lowest BCUT2D eigenvalue weighted by molar-refractivity contribution is 0.00770. The average Bonchev–Trinajstić information content (AvgIpc) is 2.73. The Morgan fingerprint density at radius 2 is 2.09 bits per heavy atom. The maximum absolute atomic E-state index is 14.2. The highest BCUT2D eigenvalue weighted by molar-refractivity contribution is 5.88. The van der Waals surface area contributed by atoms with E-state index in [1.165, 1.54) is 12.1 Å². The van der Waals surface area contributed by atoms with Crippen molar-refractivity contribution in [1.82, 2.24) is 15.2 Å². The van der Waals surface area contributed by atoms with E-state index in [1.807, 2.05) is 20.8 Å². The number of pyridine rings is 1. The van der Waals surface area contributed by atoms with Gasteiger partial charge in [0.1, 0.15) is 23.3 Å². The largest absolute Gasteiger partial charge is 0.488 e. The first-order valence-corrected chi connectivity index (χ1v) is 11.1. The van der Waals surface area contributed by atoms with Gasteiger partial charge in [0.2, 0.25) is 0 Å². The number of carbonyl (C=O) groups is 2. The van der Waals surface area contributed by atoms with Crippen LogP contribution in [0.4, 0.5) is 19.7 Å². The predicted molar refractivity (Wildman–Crippen MR) is 123 cm³/mol. The molecule has 33 heavy (non-hydrogen) atoms. The molecule has 1 aromatic heterocycles. The number of benzene rings is 1. The number of hydrogen-bond acceptors (Lipinski definition) is 5. The third-order valence-electron chi connectivity index (χ3n) is 4.88. The van der Waals surface area contributed by atoms with Crippen molar-refractivity contribution < 1.29 is 23.5 Å². The summed E-state index contributed by atoms with van der Waals surface area (Å²) in [7, 11) is 0. The monoisotopic (exact) mass is 458 g/mol. The highest BCUT2D eigenvalue weighted by atomic mass is 19.1. The van der Waals surface area contributed by atoms with Gasteiger partial charge in [0.25, 0.3) is 0 Å². The number of likely N-dealkylation sites (tertiary alicyclic amines) is 1. The second-order valence-corrected chi connectivity index (χ2v) is 8.98. The van der Waals surface area contributed by atoms with Gasteiger partial charge in [0.05, 0.1) is 18.4 Å². The first-order valence-electron chi connectivity index (χ1n) is 11.1. The molecule has 1 aliphatic rings. The minimum absolute atomic E-state index is 0.246. The lowest BCUT2D eigenvalue weighted by atomic mass is 10.1. The summed E-state index contributed by atoms with van der Waals surface area (Å²) in [5, 5.41) is 5.42. The number of rotatable bonds is 6. The van der Waals surface area contributed by atoms with Gasteiger partial charge in [-0.3, -0.25) is 4.98 Å². The molecule has 0 aliphatic carbocycles. The molecule has 8 nitrogen and oxygen atoms in total. The Kier molecular flexibility index (Phi) is 8.08. The summed E-state index contributed by atoms with van der Waals surface area (Å²) in [6, 6.07) is 7.61. The third-order valence-corrected chi connectivity index (χ3v) is 4.88. The van der Waals surface area contributed by atoms with E-state index < -0.39 is 11.4 Å². The van der Waals surface area contributed by atoms with E-state index >= 15 is 0 Å². The molecule has 178 valence electrons. The maximum Gasteiger partial charge on any atom is 0.410 e. The Labute approximate surface area is 193 Å². The molecule has 1 aromatic carbocycles. The number of nitrogens with one attached hydrogen (secondary N) is 2. The zero-order chi connectivity index (χ0) is 23.8. The number of aromatic nitrogens is 1. The lowest BCUT2D eigenvalue weighted by Gasteiger charge is -2.34. The first-order chi connectivity index (χ1) is 15.7. The second-order valence-electron chi connectivity index (χ2n) is 8.98. The molecule has 0 bridgehead atoms. The van der Waals surface area contributed by atoms with Crippen molar-refractivity contribution in [3.63, 3.8) is 0 Å². The highest BCUT2D eigenvalue weighted by Gasteiger charge is 2.28. The topological polar surface area (TPSA) is 92.8 Å². The minimum atomic E-state index is -0.564. The normalized spacial score (nSPS) is 16.1. The standard InChI is InChI=1S/C24H31FN4O4/c1-24(2,3)33-23(31)29-11-5-7-20(16-29)32-21-13-17(12-18(25)14-21)8-10-27-22(30)28-19-6-4-9-26-15-19/h4,6,9,12-15,20H,5,7-8,10-11,16H2,1-3H3,(H2,27,28,30)/t20-/m1/s1. The first kappa shape index (κ1) is 24.3. The summed E-state index contributed by atoms with van der Waals surface area (Å²) in [6.07, 6.45) is 4.53. The quantitative estimate of drug-likeness (QED) is 0.671. The number of hydrogen-bond donors (Lipinski definition) is 2. The molecule has 3 rings (SSSR count). The van der Waals surface area contributed by atoms with Gasteiger partial charge in [-0.1, -0.05) is 0 Å². The molecule has 1 aliphatic heterocycles. The van der Waals surface area contributed by atoms with Crippen molar-refractivity contribution >= 4 is 17.8 Å². The van der Waals surface area contributed by atoms with Crippen LogP contribution in [0.2, 0.25) is 0 Å². The number of carbonyl (C=O) groups excluding carboxylic acids is 2. The van der Waals surface area contributed by atoms with Crippen LogP contribution in [0.3, 0.4) is 0 Å². The molecule has 1 fully saturated rings. The van der Waals surface area contributed by atoms with Crippen LogP contribution >= 0.6 is 0 Å². The number of urea groups is 1. The summed E-state index contributed by atoms with van der Waals surface area (Å²) in [4.78, 5) is 29.9.